The first kappa shape index (κ1) is 15.6. The smallest absolute Gasteiger partial charge is 0.410 e. The summed E-state index contributed by atoms with van der Waals surface area (Å²) in [5.74, 6) is 1.32. The molecule has 1 aliphatic heterocycles. The summed E-state index contributed by atoms with van der Waals surface area (Å²) in [6, 6.07) is 0. The van der Waals surface area contributed by atoms with Gasteiger partial charge in [-0.05, 0) is 45.4 Å². The number of sulfonamides is 1. The molecule has 1 amide bonds. The van der Waals surface area contributed by atoms with Crippen LogP contribution in [0.1, 0.15) is 27.7 Å². The molecule has 0 aromatic rings. The fourth-order valence-corrected chi connectivity index (χ4v) is 3.40. The Hall–Kier alpha value is -0.820. The number of rotatable bonds is 4. The Kier molecular flexibility index (Phi) is 4.03. The number of amides is 1. The van der Waals surface area contributed by atoms with Crippen LogP contribution in [0.2, 0.25) is 0 Å². The average molecular weight is 304 g/mol. The summed E-state index contributed by atoms with van der Waals surface area (Å²) in [4.78, 5) is 13.6. The van der Waals surface area contributed by atoms with Crippen molar-refractivity contribution in [1.82, 2.24) is 9.62 Å². The molecule has 2 rings (SSSR count). The van der Waals surface area contributed by atoms with Crippen molar-refractivity contribution in [2.45, 2.75) is 33.3 Å². The van der Waals surface area contributed by atoms with E-state index in [1.54, 1.807) is 11.8 Å². The Bertz CT molecular complexity index is 471. The molecule has 0 aromatic heterocycles. The highest BCUT2D eigenvalue weighted by Crippen LogP contribution is 2.51. The van der Waals surface area contributed by atoms with Crippen LogP contribution in [0, 0.1) is 17.8 Å². The topological polar surface area (TPSA) is 75.7 Å². The number of fused-ring (bicyclic) bond motifs is 1. The zero-order valence-corrected chi connectivity index (χ0v) is 13.4. The number of nitrogens with zero attached hydrogens (tertiary/aromatic N) is 1. The van der Waals surface area contributed by atoms with Gasteiger partial charge < -0.3 is 9.64 Å². The molecule has 2 atom stereocenters. The molecule has 0 bridgehead atoms. The molecule has 0 aromatic carbocycles. The largest absolute Gasteiger partial charge is 0.444 e. The van der Waals surface area contributed by atoms with Gasteiger partial charge in [-0.15, -0.1) is 0 Å². The summed E-state index contributed by atoms with van der Waals surface area (Å²) in [7, 11) is -3.11. The number of hydrogen-bond donors (Lipinski definition) is 1. The maximum Gasteiger partial charge on any atom is 0.410 e. The first-order valence-electron chi connectivity index (χ1n) is 7.08. The van der Waals surface area contributed by atoms with Crippen LogP contribution in [0.5, 0.6) is 0 Å². The van der Waals surface area contributed by atoms with E-state index in [1.807, 2.05) is 20.8 Å². The van der Waals surface area contributed by atoms with Gasteiger partial charge in [0.2, 0.25) is 10.0 Å². The summed E-state index contributed by atoms with van der Waals surface area (Å²) in [5.41, 5.74) is -0.472. The minimum atomic E-state index is -3.11. The van der Waals surface area contributed by atoms with Crippen molar-refractivity contribution in [2.24, 2.45) is 17.8 Å². The van der Waals surface area contributed by atoms with Gasteiger partial charge in [0.25, 0.3) is 0 Å². The molecule has 1 saturated heterocycles. The van der Waals surface area contributed by atoms with Crippen LogP contribution in [0.3, 0.4) is 0 Å². The average Bonchev–Trinajstić information content (AvgIpc) is 2.77. The lowest BCUT2D eigenvalue weighted by molar-refractivity contribution is 0.0266. The van der Waals surface area contributed by atoms with Crippen LogP contribution < -0.4 is 4.72 Å². The van der Waals surface area contributed by atoms with Gasteiger partial charge in [-0.3, -0.25) is 0 Å². The predicted octanol–water partition coefficient (Wildman–Crippen LogP) is 1.04. The highest BCUT2D eigenvalue weighted by atomic mass is 32.2. The number of carbonyl (C=O) groups excluding carboxylic acids is 1. The zero-order valence-electron chi connectivity index (χ0n) is 12.5. The highest BCUT2D eigenvalue weighted by molar-refractivity contribution is 7.89. The Balaban J connectivity index is 1.75. The summed E-state index contributed by atoms with van der Waals surface area (Å²) < 4.78 is 30.7. The summed E-state index contributed by atoms with van der Waals surface area (Å²) >= 11 is 0. The Morgan fingerprint density at radius 1 is 1.30 bits per heavy atom. The second-order valence-electron chi connectivity index (χ2n) is 6.63. The maximum atomic E-state index is 11.9. The molecule has 0 radical (unpaired) electrons. The lowest BCUT2D eigenvalue weighted by atomic mass is 10.2. The molecule has 1 saturated carbocycles. The van der Waals surface area contributed by atoms with E-state index in [9.17, 15) is 13.2 Å². The number of carbonyl (C=O) groups is 1. The predicted molar refractivity (Wildman–Crippen MR) is 75.7 cm³/mol. The molecule has 116 valence electrons. The normalized spacial score (nSPS) is 29.2. The third-order valence-electron chi connectivity index (χ3n) is 3.94. The lowest BCUT2D eigenvalue weighted by Crippen LogP contribution is -2.38. The molecule has 2 aliphatic rings. The van der Waals surface area contributed by atoms with Crippen molar-refractivity contribution in [3.05, 3.63) is 0 Å². The summed E-state index contributed by atoms with van der Waals surface area (Å²) in [6.45, 7) is 9.03. The third-order valence-corrected chi connectivity index (χ3v) is 5.31. The zero-order chi connectivity index (χ0) is 15.1. The van der Waals surface area contributed by atoms with Gasteiger partial charge in [-0.2, -0.15) is 0 Å². The molecule has 6 nitrogen and oxygen atoms in total. The van der Waals surface area contributed by atoms with E-state index < -0.39 is 15.6 Å². The van der Waals surface area contributed by atoms with Crippen LogP contribution in [0.15, 0.2) is 0 Å². The molecule has 0 spiro atoms. The molecular formula is C13H24N2O4S. The quantitative estimate of drug-likeness (QED) is 0.842. The van der Waals surface area contributed by atoms with E-state index in [0.717, 1.165) is 0 Å². The fourth-order valence-electron chi connectivity index (χ4n) is 2.75. The number of piperidine rings is 1. The lowest BCUT2D eigenvalue weighted by Gasteiger charge is -2.25. The Morgan fingerprint density at radius 2 is 1.85 bits per heavy atom. The molecule has 1 N–H and O–H groups in total. The van der Waals surface area contributed by atoms with Crippen LogP contribution in [-0.4, -0.2) is 50.4 Å². The van der Waals surface area contributed by atoms with E-state index in [4.69, 9.17) is 4.74 Å². The first-order chi connectivity index (χ1) is 9.13. The van der Waals surface area contributed by atoms with Crippen molar-refractivity contribution in [3.63, 3.8) is 0 Å². The molecule has 1 heterocycles. The SMILES string of the molecule is CCS(=O)(=O)NCC1C2CN(C(=O)OC(C)(C)C)CC12. The number of nitrogens with one attached hydrogen (secondary N) is 1. The van der Waals surface area contributed by atoms with Gasteiger partial charge in [-0.1, -0.05) is 0 Å². The van der Waals surface area contributed by atoms with Crippen molar-refractivity contribution < 1.29 is 17.9 Å². The van der Waals surface area contributed by atoms with E-state index in [-0.39, 0.29) is 11.8 Å². The van der Waals surface area contributed by atoms with Crippen LogP contribution in [0.25, 0.3) is 0 Å². The Morgan fingerprint density at radius 3 is 2.30 bits per heavy atom. The fraction of sp³-hybridized carbons (Fsp3) is 0.923. The molecule has 2 unspecified atom stereocenters. The molecule has 7 heteroatoms. The molecule has 1 aliphatic carbocycles. The van der Waals surface area contributed by atoms with E-state index in [1.165, 1.54) is 0 Å². The van der Waals surface area contributed by atoms with Gasteiger partial charge in [0, 0.05) is 19.6 Å². The van der Waals surface area contributed by atoms with Crippen LogP contribution >= 0.6 is 0 Å². The van der Waals surface area contributed by atoms with Gasteiger partial charge in [0.15, 0.2) is 0 Å². The molecular weight excluding hydrogens is 280 g/mol. The summed E-state index contributed by atoms with van der Waals surface area (Å²) in [6.07, 6.45) is -0.266. The Labute approximate surface area is 120 Å². The maximum absolute atomic E-state index is 11.9. The molecule has 2 fully saturated rings. The third kappa shape index (κ3) is 3.63. The number of hydrogen-bond acceptors (Lipinski definition) is 4. The van der Waals surface area contributed by atoms with Crippen LogP contribution in [0.4, 0.5) is 4.79 Å². The molecule has 20 heavy (non-hydrogen) atoms. The number of likely N-dealkylation sites (tertiary alicyclic amines) is 1. The first-order valence-corrected chi connectivity index (χ1v) is 8.73. The minimum absolute atomic E-state index is 0.110. The van der Waals surface area contributed by atoms with Crippen molar-refractivity contribution in [1.29, 1.82) is 0 Å². The summed E-state index contributed by atoms with van der Waals surface area (Å²) in [5, 5.41) is 0. The minimum Gasteiger partial charge on any atom is -0.444 e. The standard InChI is InChI=1S/C13H24N2O4S/c1-5-20(17,18)14-6-9-10-7-15(8-11(9)10)12(16)19-13(2,3)4/h9-11,14H,5-8H2,1-4H3. The van der Waals surface area contributed by atoms with Gasteiger partial charge in [0.1, 0.15) is 5.60 Å². The second kappa shape index (κ2) is 5.18. The van der Waals surface area contributed by atoms with E-state index in [2.05, 4.69) is 4.72 Å². The number of ether oxygens (including phenoxy) is 1. The van der Waals surface area contributed by atoms with E-state index >= 15 is 0 Å². The van der Waals surface area contributed by atoms with Gasteiger partial charge in [-0.25, -0.2) is 17.9 Å². The monoisotopic (exact) mass is 304 g/mol. The van der Waals surface area contributed by atoms with Crippen molar-refractivity contribution >= 4 is 16.1 Å². The van der Waals surface area contributed by atoms with Gasteiger partial charge >= 0.3 is 6.09 Å². The highest BCUT2D eigenvalue weighted by Gasteiger charge is 2.56. The van der Waals surface area contributed by atoms with Crippen LogP contribution in [-0.2, 0) is 14.8 Å². The van der Waals surface area contributed by atoms with E-state index in [0.29, 0.717) is 37.4 Å². The van der Waals surface area contributed by atoms with Gasteiger partial charge in [0.05, 0.1) is 5.75 Å². The van der Waals surface area contributed by atoms with Crippen molar-refractivity contribution in [2.75, 3.05) is 25.4 Å². The van der Waals surface area contributed by atoms with Crippen molar-refractivity contribution in [3.8, 4) is 0 Å². The second-order valence-corrected chi connectivity index (χ2v) is 8.72.